The number of morpholine rings is 1. The van der Waals surface area contributed by atoms with Crippen LogP contribution < -0.4 is 5.32 Å². The van der Waals surface area contributed by atoms with Gasteiger partial charge in [0.1, 0.15) is 0 Å². The second-order valence-electron chi connectivity index (χ2n) is 9.28. The van der Waals surface area contributed by atoms with Crippen molar-refractivity contribution < 1.29 is 9.53 Å². The van der Waals surface area contributed by atoms with E-state index in [1.807, 2.05) is 41.7 Å². The molecule has 3 heterocycles. The maximum atomic E-state index is 13.5. The Labute approximate surface area is 221 Å². The van der Waals surface area contributed by atoms with Gasteiger partial charge in [0.25, 0.3) is 5.91 Å². The minimum Gasteiger partial charge on any atom is -0.378 e. The summed E-state index contributed by atoms with van der Waals surface area (Å²) >= 11 is 1.61. The summed E-state index contributed by atoms with van der Waals surface area (Å²) in [6, 6.07) is 16.1. The van der Waals surface area contributed by atoms with Gasteiger partial charge in [0.2, 0.25) is 0 Å². The first kappa shape index (κ1) is 25.0. The number of nitriles is 1. The Morgan fingerprint density at radius 1 is 1.19 bits per heavy atom. The molecule has 0 aliphatic carbocycles. The monoisotopic (exact) mass is 513 g/mol. The molecule has 0 unspecified atom stereocenters. The zero-order chi connectivity index (χ0) is 25.6. The fourth-order valence-corrected chi connectivity index (χ4v) is 6.01. The Bertz CT molecular complexity index is 1410. The Kier molecular flexibility index (Phi) is 7.83. The standard InChI is InChI=1S/C29H31N5O2S/c1-2-3-5-25-24-6-4-7-26(27(24)37-28(25)29(35)33-12-14-36-15-13-33)32-18-23-17-31-20-34(23)19-22-10-8-21(16-30)9-11-22/h4,6-11,17,20,32H,2-3,5,12-15,18-19H2,1H3. The Morgan fingerprint density at radius 3 is 2.76 bits per heavy atom. The molecule has 8 heteroatoms. The number of rotatable bonds is 9. The number of amides is 1. The van der Waals surface area contributed by atoms with E-state index < -0.39 is 0 Å². The molecule has 0 radical (unpaired) electrons. The number of aromatic nitrogens is 2. The van der Waals surface area contributed by atoms with Gasteiger partial charge in [0, 0.05) is 25.8 Å². The summed E-state index contributed by atoms with van der Waals surface area (Å²) in [6.45, 7) is 5.98. The number of anilines is 1. The van der Waals surface area contributed by atoms with E-state index in [1.165, 1.54) is 10.9 Å². The van der Waals surface area contributed by atoms with Crippen LogP contribution in [0.25, 0.3) is 10.1 Å². The van der Waals surface area contributed by atoms with Gasteiger partial charge < -0.3 is 19.5 Å². The van der Waals surface area contributed by atoms with Gasteiger partial charge in [0.15, 0.2) is 0 Å². The average Bonchev–Trinajstić information content (AvgIpc) is 3.55. The molecule has 1 aliphatic rings. The van der Waals surface area contributed by atoms with Crippen molar-refractivity contribution in [1.82, 2.24) is 14.5 Å². The molecule has 1 fully saturated rings. The number of nitrogens with zero attached hydrogens (tertiary/aromatic N) is 4. The predicted molar refractivity (Wildman–Crippen MR) is 147 cm³/mol. The molecule has 1 aliphatic heterocycles. The van der Waals surface area contributed by atoms with E-state index in [9.17, 15) is 4.79 Å². The smallest absolute Gasteiger partial charge is 0.264 e. The molecule has 4 aromatic rings. The van der Waals surface area contributed by atoms with Crippen molar-refractivity contribution in [2.24, 2.45) is 0 Å². The minimum atomic E-state index is 0.127. The van der Waals surface area contributed by atoms with Gasteiger partial charge in [-0.25, -0.2) is 4.98 Å². The normalized spacial score (nSPS) is 13.6. The van der Waals surface area contributed by atoms with E-state index in [2.05, 4.69) is 46.1 Å². The zero-order valence-corrected chi connectivity index (χ0v) is 21.9. The molecule has 2 aromatic carbocycles. The van der Waals surface area contributed by atoms with Crippen molar-refractivity contribution >= 4 is 33.0 Å². The van der Waals surface area contributed by atoms with Gasteiger partial charge in [-0.2, -0.15) is 5.26 Å². The number of nitrogens with one attached hydrogen (secondary N) is 1. The summed E-state index contributed by atoms with van der Waals surface area (Å²) < 4.78 is 8.71. The van der Waals surface area contributed by atoms with Gasteiger partial charge in [-0.05, 0) is 47.6 Å². The number of ether oxygens (including phenoxy) is 1. The third-order valence-corrected chi connectivity index (χ3v) is 8.05. The van der Waals surface area contributed by atoms with Crippen LogP contribution in [0.15, 0.2) is 55.0 Å². The lowest BCUT2D eigenvalue weighted by Crippen LogP contribution is -2.40. The summed E-state index contributed by atoms with van der Waals surface area (Å²) in [6.07, 6.45) is 6.77. The van der Waals surface area contributed by atoms with Crippen LogP contribution in [-0.4, -0.2) is 46.7 Å². The highest BCUT2D eigenvalue weighted by Crippen LogP contribution is 2.38. The maximum Gasteiger partial charge on any atom is 0.264 e. The van der Waals surface area contributed by atoms with Crippen LogP contribution in [0.3, 0.4) is 0 Å². The molecule has 1 amide bonds. The average molecular weight is 514 g/mol. The molecular formula is C29H31N5O2S. The number of imidazole rings is 1. The lowest BCUT2D eigenvalue weighted by atomic mass is 10.0. The molecule has 1 saturated heterocycles. The molecule has 0 saturated carbocycles. The zero-order valence-electron chi connectivity index (χ0n) is 21.1. The quantitative estimate of drug-likeness (QED) is 0.322. The summed E-state index contributed by atoms with van der Waals surface area (Å²) in [5.41, 5.74) is 5.05. The molecule has 190 valence electrons. The number of fused-ring (bicyclic) bond motifs is 1. The van der Waals surface area contributed by atoms with E-state index in [0.717, 1.165) is 45.8 Å². The van der Waals surface area contributed by atoms with Crippen LogP contribution >= 0.6 is 11.3 Å². The number of hydrogen-bond donors (Lipinski definition) is 1. The van der Waals surface area contributed by atoms with E-state index in [0.29, 0.717) is 45.0 Å². The van der Waals surface area contributed by atoms with Crippen molar-refractivity contribution in [3.05, 3.63) is 82.3 Å². The Balaban J connectivity index is 1.38. The highest BCUT2D eigenvalue weighted by molar-refractivity contribution is 7.21. The Hall–Kier alpha value is -3.67. The first-order valence-electron chi connectivity index (χ1n) is 12.8. The van der Waals surface area contributed by atoms with Crippen LogP contribution in [0.5, 0.6) is 0 Å². The van der Waals surface area contributed by atoms with Gasteiger partial charge in [-0.1, -0.05) is 37.6 Å². The van der Waals surface area contributed by atoms with E-state index in [4.69, 9.17) is 10.00 Å². The molecular weight excluding hydrogens is 482 g/mol. The van der Waals surface area contributed by atoms with E-state index in [1.54, 1.807) is 11.3 Å². The van der Waals surface area contributed by atoms with Gasteiger partial charge >= 0.3 is 0 Å². The van der Waals surface area contributed by atoms with Crippen molar-refractivity contribution in [1.29, 1.82) is 5.26 Å². The molecule has 5 rings (SSSR count). The number of hydrogen-bond acceptors (Lipinski definition) is 6. The number of carbonyl (C=O) groups excluding carboxylic acids is 1. The summed E-state index contributed by atoms with van der Waals surface area (Å²) in [5, 5.41) is 13.8. The van der Waals surface area contributed by atoms with Crippen LogP contribution in [0.2, 0.25) is 0 Å². The number of aryl methyl sites for hydroxylation is 1. The SMILES string of the molecule is CCCCc1c(C(=O)N2CCOCC2)sc2c(NCc3cncn3Cc3ccc(C#N)cc3)cccc12. The summed E-state index contributed by atoms with van der Waals surface area (Å²) in [4.78, 5) is 20.7. The topological polar surface area (TPSA) is 83.2 Å². The number of thiophene rings is 1. The van der Waals surface area contributed by atoms with Gasteiger partial charge in [-0.3, -0.25) is 4.79 Å². The van der Waals surface area contributed by atoms with Gasteiger partial charge in [0.05, 0.1) is 58.7 Å². The van der Waals surface area contributed by atoms with Crippen molar-refractivity contribution in [2.45, 2.75) is 39.3 Å². The largest absolute Gasteiger partial charge is 0.378 e. The number of benzene rings is 2. The minimum absolute atomic E-state index is 0.127. The van der Waals surface area contributed by atoms with Crippen LogP contribution in [0.1, 0.15) is 51.8 Å². The van der Waals surface area contributed by atoms with Crippen LogP contribution in [-0.2, 0) is 24.2 Å². The van der Waals surface area contributed by atoms with Crippen LogP contribution in [0, 0.1) is 11.3 Å². The molecule has 0 bridgehead atoms. The van der Waals surface area contributed by atoms with Crippen LogP contribution in [0.4, 0.5) is 5.69 Å². The third-order valence-electron chi connectivity index (χ3n) is 6.79. The fraction of sp³-hybridized carbons (Fsp3) is 0.345. The van der Waals surface area contributed by atoms with E-state index >= 15 is 0 Å². The molecule has 7 nitrogen and oxygen atoms in total. The molecule has 1 N–H and O–H groups in total. The Morgan fingerprint density at radius 2 is 2.00 bits per heavy atom. The van der Waals surface area contributed by atoms with Crippen molar-refractivity contribution in [3.8, 4) is 6.07 Å². The van der Waals surface area contributed by atoms with E-state index in [-0.39, 0.29) is 5.91 Å². The summed E-state index contributed by atoms with van der Waals surface area (Å²) in [7, 11) is 0. The number of carbonyl (C=O) groups is 1. The lowest BCUT2D eigenvalue weighted by Gasteiger charge is -2.26. The maximum absolute atomic E-state index is 13.5. The molecule has 0 spiro atoms. The third kappa shape index (κ3) is 5.53. The van der Waals surface area contributed by atoms with Crippen molar-refractivity contribution in [3.63, 3.8) is 0 Å². The van der Waals surface area contributed by atoms with Crippen molar-refractivity contribution in [2.75, 3.05) is 31.6 Å². The number of unbranched alkanes of at least 4 members (excludes halogenated alkanes) is 1. The first-order chi connectivity index (χ1) is 18.2. The molecule has 2 aromatic heterocycles. The highest BCUT2D eigenvalue weighted by Gasteiger charge is 2.25. The van der Waals surface area contributed by atoms with Gasteiger partial charge in [-0.15, -0.1) is 11.3 Å². The fourth-order valence-electron chi connectivity index (χ4n) is 4.70. The lowest BCUT2D eigenvalue weighted by molar-refractivity contribution is 0.0305. The molecule has 0 atom stereocenters. The second-order valence-corrected chi connectivity index (χ2v) is 10.3. The highest BCUT2D eigenvalue weighted by atomic mass is 32.1. The first-order valence-corrected chi connectivity index (χ1v) is 13.6. The predicted octanol–water partition coefficient (Wildman–Crippen LogP) is 5.44. The summed E-state index contributed by atoms with van der Waals surface area (Å²) in [5.74, 6) is 0.127. The molecule has 37 heavy (non-hydrogen) atoms. The second kappa shape index (κ2) is 11.6.